The molecule has 0 saturated carbocycles. The van der Waals surface area contributed by atoms with Gasteiger partial charge in [0, 0.05) is 16.3 Å². The van der Waals surface area contributed by atoms with E-state index in [4.69, 9.17) is 11.6 Å². The van der Waals surface area contributed by atoms with Crippen LogP contribution in [0, 0.1) is 11.3 Å². The van der Waals surface area contributed by atoms with Crippen LogP contribution in [-0.4, -0.2) is 5.91 Å². The van der Waals surface area contributed by atoms with Crippen molar-refractivity contribution in [3.63, 3.8) is 0 Å². The van der Waals surface area contributed by atoms with Crippen LogP contribution in [0.1, 0.15) is 24.2 Å². The Kier molecular flexibility index (Phi) is 5.03. The first kappa shape index (κ1) is 17.4. The van der Waals surface area contributed by atoms with E-state index in [9.17, 15) is 10.1 Å². The van der Waals surface area contributed by atoms with Crippen molar-refractivity contribution >= 4 is 35.8 Å². The van der Waals surface area contributed by atoms with Gasteiger partial charge in [0.05, 0.1) is 5.03 Å². The number of nitrogens with one attached hydrogen (secondary N) is 1. The van der Waals surface area contributed by atoms with Crippen LogP contribution in [0.15, 0.2) is 59.1 Å². The fourth-order valence-electron chi connectivity index (χ4n) is 2.92. The molecule has 126 valence electrons. The largest absolute Gasteiger partial charge is 0.327 e. The zero-order valence-electron chi connectivity index (χ0n) is 13.5. The van der Waals surface area contributed by atoms with E-state index in [-0.39, 0.29) is 5.57 Å². The lowest BCUT2D eigenvalue weighted by Crippen LogP contribution is -2.46. The molecule has 0 aromatic heterocycles. The van der Waals surface area contributed by atoms with Gasteiger partial charge >= 0.3 is 0 Å². The minimum absolute atomic E-state index is 0.0162. The molecular weight excluding hydrogens is 354 g/mol. The minimum Gasteiger partial charge on any atom is -0.327 e. The Morgan fingerprint density at radius 2 is 1.92 bits per heavy atom. The third-order valence-corrected chi connectivity index (χ3v) is 4.93. The van der Waals surface area contributed by atoms with Crippen LogP contribution in [0.4, 0.5) is 5.69 Å². The second-order valence-corrected chi connectivity index (χ2v) is 6.39. The summed E-state index contributed by atoms with van der Waals surface area (Å²) in [7, 11) is 0. The number of nitrogens with zero attached hydrogens (tertiary/aromatic N) is 2. The van der Waals surface area contributed by atoms with Gasteiger partial charge in [-0.05, 0) is 24.1 Å². The average molecular weight is 370 g/mol. The number of halogens is 1. The molecule has 6 heteroatoms. The van der Waals surface area contributed by atoms with E-state index in [2.05, 4.69) is 24.9 Å². The number of hydrogen-bond donors (Lipinski definition) is 2. The third kappa shape index (κ3) is 3.11. The van der Waals surface area contributed by atoms with Gasteiger partial charge in [-0.25, -0.2) is 0 Å². The summed E-state index contributed by atoms with van der Waals surface area (Å²) < 4.78 is 0. The van der Waals surface area contributed by atoms with E-state index >= 15 is 0 Å². The van der Waals surface area contributed by atoms with Crippen molar-refractivity contribution in [2.75, 3.05) is 4.90 Å². The van der Waals surface area contributed by atoms with Crippen molar-refractivity contribution in [1.82, 2.24) is 5.32 Å². The number of anilines is 1. The summed E-state index contributed by atoms with van der Waals surface area (Å²) in [5.74, 6) is -0.456. The molecule has 2 aromatic carbocycles. The number of thiol groups is 1. The van der Waals surface area contributed by atoms with Gasteiger partial charge in [-0.2, -0.15) is 5.26 Å². The lowest BCUT2D eigenvalue weighted by atomic mass is 10.0. The predicted molar refractivity (Wildman–Crippen MR) is 102 cm³/mol. The predicted octanol–water partition coefficient (Wildman–Crippen LogP) is 4.20. The summed E-state index contributed by atoms with van der Waals surface area (Å²) in [6.45, 7) is 2.05. The van der Waals surface area contributed by atoms with Crippen LogP contribution in [0.25, 0.3) is 0 Å². The van der Waals surface area contributed by atoms with E-state index in [0.29, 0.717) is 10.1 Å². The second kappa shape index (κ2) is 7.22. The molecule has 0 bridgehead atoms. The summed E-state index contributed by atoms with van der Waals surface area (Å²) in [6.07, 6.45) is 0.261. The third-order valence-electron chi connectivity index (χ3n) is 4.15. The summed E-state index contributed by atoms with van der Waals surface area (Å²) in [5.41, 5.74) is 2.69. The van der Waals surface area contributed by atoms with Crippen molar-refractivity contribution in [3.8, 4) is 6.07 Å². The highest BCUT2D eigenvalue weighted by molar-refractivity contribution is 7.84. The Morgan fingerprint density at radius 1 is 1.24 bits per heavy atom. The highest BCUT2D eigenvalue weighted by Crippen LogP contribution is 2.39. The molecule has 1 aliphatic heterocycles. The molecule has 1 amide bonds. The van der Waals surface area contributed by atoms with Gasteiger partial charge in [0.15, 0.2) is 0 Å². The lowest BCUT2D eigenvalue weighted by molar-refractivity contribution is -0.118. The molecule has 1 heterocycles. The molecule has 1 atom stereocenters. The quantitative estimate of drug-likeness (QED) is 0.797. The van der Waals surface area contributed by atoms with Crippen LogP contribution in [0.2, 0.25) is 5.02 Å². The van der Waals surface area contributed by atoms with Gasteiger partial charge in [-0.1, -0.05) is 54.9 Å². The number of benzene rings is 2. The fourth-order valence-corrected chi connectivity index (χ4v) is 3.53. The van der Waals surface area contributed by atoms with Gasteiger partial charge in [0.2, 0.25) is 0 Å². The Hall–Kier alpha value is -2.42. The monoisotopic (exact) mass is 369 g/mol. The average Bonchev–Trinajstić information content (AvgIpc) is 2.62. The molecule has 0 aliphatic carbocycles. The highest BCUT2D eigenvalue weighted by Gasteiger charge is 2.35. The molecular formula is C19H16ClN3OS. The van der Waals surface area contributed by atoms with Crippen molar-refractivity contribution in [2.24, 2.45) is 0 Å². The number of carbonyl (C=O) groups excluding carboxylic acids is 1. The Morgan fingerprint density at radius 3 is 2.60 bits per heavy atom. The van der Waals surface area contributed by atoms with Gasteiger partial charge in [-0.3, -0.25) is 4.79 Å². The molecule has 0 spiro atoms. The van der Waals surface area contributed by atoms with Crippen molar-refractivity contribution in [1.29, 1.82) is 5.26 Å². The summed E-state index contributed by atoms with van der Waals surface area (Å²) in [4.78, 5) is 14.2. The van der Waals surface area contributed by atoms with Crippen LogP contribution in [0.5, 0.6) is 0 Å². The van der Waals surface area contributed by atoms with Gasteiger partial charge in [0.25, 0.3) is 5.91 Å². The van der Waals surface area contributed by atoms with E-state index < -0.39 is 12.1 Å². The van der Waals surface area contributed by atoms with Crippen LogP contribution in [0.3, 0.4) is 0 Å². The standard InChI is InChI=1S/C19H16ClN3OS/c1-2-12-7-3-6-10-16(12)23-17(13-8-4-5-9-15(13)20)22-18(24)14(11-21)19(23)25/h3-10,17,25H,2H2,1H3,(H,22,24). The zero-order valence-corrected chi connectivity index (χ0v) is 15.2. The number of carbonyl (C=O) groups is 1. The first-order chi connectivity index (χ1) is 12.1. The highest BCUT2D eigenvalue weighted by atomic mass is 35.5. The normalized spacial score (nSPS) is 17.3. The topological polar surface area (TPSA) is 56.1 Å². The van der Waals surface area contributed by atoms with Gasteiger partial charge < -0.3 is 10.2 Å². The number of nitriles is 1. The number of amides is 1. The van der Waals surface area contributed by atoms with E-state index in [1.54, 1.807) is 6.07 Å². The lowest BCUT2D eigenvalue weighted by Gasteiger charge is -2.39. The Bertz CT molecular complexity index is 904. The zero-order chi connectivity index (χ0) is 18.0. The molecule has 0 radical (unpaired) electrons. The molecule has 3 rings (SSSR count). The van der Waals surface area contributed by atoms with Crippen molar-refractivity contribution in [3.05, 3.63) is 75.3 Å². The molecule has 1 unspecified atom stereocenters. The Labute approximate surface area is 157 Å². The van der Waals surface area contributed by atoms with Gasteiger partial charge in [0.1, 0.15) is 17.8 Å². The minimum atomic E-state index is -0.543. The number of hydrogen-bond acceptors (Lipinski definition) is 4. The molecule has 1 aliphatic rings. The van der Waals surface area contributed by atoms with Gasteiger partial charge in [-0.15, -0.1) is 12.6 Å². The van der Waals surface area contributed by atoms with E-state index in [1.165, 1.54) is 0 Å². The second-order valence-electron chi connectivity index (χ2n) is 5.56. The Balaban J connectivity index is 2.24. The number of aryl methyl sites for hydroxylation is 1. The van der Waals surface area contributed by atoms with Crippen LogP contribution in [-0.2, 0) is 11.2 Å². The summed E-state index contributed by atoms with van der Waals surface area (Å²) in [5, 5.41) is 13.1. The maximum Gasteiger partial charge on any atom is 0.266 e. The fraction of sp³-hybridized carbons (Fsp3) is 0.158. The number of rotatable bonds is 3. The maximum absolute atomic E-state index is 12.4. The molecule has 0 fully saturated rings. The van der Waals surface area contributed by atoms with E-state index in [1.807, 2.05) is 53.4 Å². The van der Waals surface area contributed by atoms with Crippen LogP contribution >= 0.6 is 24.2 Å². The summed E-state index contributed by atoms with van der Waals surface area (Å²) >= 11 is 10.9. The molecule has 4 nitrogen and oxygen atoms in total. The summed E-state index contributed by atoms with van der Waals surface area (Å²) in [6, 6.07) is 17.1. The smallest absolute Gasteiger partial charge is 0.266 e. The van der Waals surface area contributed by atoms with Crippen molar-refractivity contribution in [2.45, 2.75) is 19.5 Å². The van der Waals surface area contributed by atoms with E-state index in [0.717, 1.165) is 23.2 Å². The molecule has 25 heavy (non-hydrogen) atoms. The molecule has 2 aromatic rings. The first-order valence-electron chi connectivity index (χ1n) is 7.84. The number of para-hydroxylation sites is 1. The first-order valence-corrected chi connectivity index (χ1v) is 8.66. The van der Waals surface area contributed by atoms with Crippen molar-refractivity contribution < 1.29 is 4.79 Å². The molecule has 0 saturated heterocycles. The SMILES string of the molecule is CCc1ccccc1N1C(S)=C(C#N)C(=O)NC1c1ccccc1Cl. The van der Waals surface area contributed by atoms with Crippen LogP contribution < -0.4 is 10.2 Å². The maximum atomic E-state index is 12.4. The molecule has 1 N–H and O–H groups in total.